The third-order valence-electron chi connectivity index (χ3n) is 4.03. The topological polar surface area (TPSA) is 104 Å². The zero-order valence-electron chi connectivity index (χ0n) is 12.5. The minimum atomic E-state index is -0.958. The molecule has 1 saturated heterocycles. The second-order valence-electron chi connectivity index (χ2n) is 5.55. The normalized spacial score (nSPS) is 18.4. The molecule has 3 heterocycles. The minimum Gasteiger partial charge on any atom is -0.485 e. The molecule has 2 N–H and O–H groups in total. The van der Waals surface area contributed by atoms with E-state index in [-0.39, 0.29) is 18.6 Å². The monoisotopic (exact) mass is 327 g/mol. The number of nitrogens with two attached hydrogens (primary N) is 1. The van der Waals surface area contributed by atoms with Gasteiger partial charge in [0.1, 0.15) is 12.4 Å². The number of primary amides is 1. The fourth-order valence-corrected chi connectivity index (χ4v) is 2.83. The number of anilines is 1. The maximum Gasteiger partial charge on any atom is 0.415 e. The van der Waals surface area contributed by atoms with E-state index in [1.54, 1.807) is 24.4 Å². The molecule has 8 heteroatoms. The maximum atomic E-state index is 11.9. The number of hydrogen-bond donors (Lipinski definition) is 1. The lowest BCUT2D eigenvalue weighted by Crippen LogP contribution is -2.32. The largest absolute Gasteiger partial charge is 0.485 e. The molecule has 0 unspecified atom stereocenters. The SMILES string of the molecule is NC(=O)[C@H]1CN(c2ccc3c(c2)OCc2cc(=O)ccn2-3)C(=O)O1. The number of aromatic nitrogens is 1. The van der Waals surface area contributed by atoms with Crippen molar-refractivity contribution in [3.8, 4) is 11.4 Å². The molecule has 1 aromatic carbocycles. The third kappa shape index (κ3) is 2.19. The first-order valence-electron chi connectivity index (χ1n) is 7.29. The fraction of sp³-hybridized carbons (Fsp3) is 0.188. The smallest absolute Gasteiger partial charge is 0.415 e. The van der Waals surface area contributed by atoms with Crippen LogP contribution in [-0.4, -0.2) is 29.2 Å². The fourth-order valence-electron chi connectivity index (χ4n) is 2.83. The molecule has 0 spiro atoms. The van der Waals surface area contributed by atoms with Crippen molar-refractivity contribution in [2.45, 2.75) is 12.7 Å². The Kier molecular flexibility index (Phi) is 3.05. The van der Waals surface area contributed by atoms with E-state index in [0.29, 0.717) is 11.4 Å². The molecule has 4 rings (SSSR count). The van der Waals surface area contributed by atoms with Gasteiger partial charge in [-0.25, -0.2) is 4.79 Å². The van der Waals surface area contributed by atoms with Crippen LogP contribution in [-0.2, 0) is 16.1 Å². The molecule has 2 amide bonds. The highest BCUT2D eigenvalue weighted by Gasteiger charge is 2.36. The highest BCUT2D eigenvalue weighted by molar-refractivity contribution is 5.95. The Morgan fingerprint density at radius 2 is 2.04 bits per heavy atom. The van der Waals surface area contributed by atoms with E-state index < -0.39 is 18.1 Å². The average molecular weight is 327 g/mol. The summed E-state index contributed by atoms with van der Waals surface area (Å²) in [5, 5.41) is 0. The number of fused-ring (bicyclic) bond motifs is 3. The maximum absolute atomic E-state index is 11.9. The van der Waals surface area contributed by atoms with Gasteiger partial charge >= 0.3 is 6.09 Å². The molecule has 0 bridgehead atoms. The minimum absolute atomic E-state index is 0.0657. The van der Waals surface area contributed by atoms with Crippen molar-refractivity contribution in [3.63, 3.8) is 0 Å². The van der Waals surface area contributed by atoms with Crippen molar-refractivity contribution in [2.24, 2.45) is 5.73 Å². The summed E-state index contributed by atoms with van der Waals surface area (Å²) >= 11 is 0. The van der Waals surface area contributed by atoms with Crippen LogP contribution in [0.4, 0.5) is 10.5 Å². The number of pyridine rings is 1. The van der Waals surface area contributed by atoms with Crippen LogP contribution in [0.1, 0.15) is 5.69 Å². The van der Waals surface area contributed by atoms with Gasteiger partial charge in [-0.1, -0.05) is 0 Å². The molecule has 122 valence electrons. The molecule has 2 aliphatic heterocycles. The number of cyclic esters (lactones) is 1. The number of carbonyl (C=O) groups is 2. The highest BCUT2D eigenvalue weighted by atomic mass is 16.6. The highest BCUT2D eigenvalue weighted by Crippen LogP contribution is 2.34. The molecular weight excluding hydrogens is 314 g/mol. The molecule has 2 aromatic rings. The van der Waals surface area contributed by atoms with Gasteiger partial charge in [-0.2, -0.15) is 0 Å². The first kappa shape index (κ1) is 14.3. The van der Waals surface area contributed by atoms with E-state index in [9.17, 15) is 14.4 Å². The Morgan fingerprint density at radius 1 is 1.21 bits per heavy atom. The van der Waals surface area contributed by atoms with Crippen molar-refractivity contribution >= 4 is 17.7 Å². The van der Waals surface area contributed by atoms with Crippen molar-refractivity contribution in [2.75, 3.05) is 11.4 Å². The number of benzene rings is 1. The second-order valence-corrected chi connectivity index (χ2v) is 5.55. The molecule has 1 aromatic heterocycles. The Bertz CT molecular complexity index is 920. The van der Waals surface area contributed by atoms with Crippen LogP contribution in [0.3, 0.4) is 0 Å². The van der Waals surface area contributed by atoms with Crippen molar-refractivity contribution < 1.29 is 19.1 Å². The summed E-state index contributed by atoms with van der Waals surface area (Å²) in [6, 6.07) is 8.19. The Balaban J connectivity index is 1.70. The molecule has 2 aliphatic rings. The molecule has 0 saturated carbocycles. The van der Waals surface area contributed by atoms with Gasteiger partial charge in [0.15, 0.2) is 11.5 Å². The molecule has 24 heavy (non-hydrogen) atoms. The van der Waals surface area contributed by atoms with Crippen molar-refractivity contribution in [1.82, 2.24) is 4.57 Å². The second kappa shape index (κ2) is 5.12. The van der Waals surface area contributed by atoms with Gasteiger partial charge in [0, 0.05) is 24.4 Å². The van der Waals surface area contributed by atoms with E-state index >= 15 is 0 Å². The predicted octanol–water partition coefficient (Wildman–Crippen LogP) is 0.540. The van der Waals surface area contributed by atoms with Gasteiger partial charge in [0.05, 0.1) is 23.6 Å². The molecule has 1 fully saturated rings. The summed E-state index contributed by atoms with van der Waals surface area (Å²) in [6.07, 6.45) is 0.102. The van der Waals surface area contributed by atoms with Gasteiger partial charge in [0.2, 0.25) is 0 Å². The van der Waals surface area contributed by atoms with Crippen LogP contribution in [0.25, 0.3) is 5.69 Å². The molecule has 0 aliphatic carbocycles. The first-order valence-corrected chi connectivity index (χ1v) is 7.29. The Labute approximate surface area is 136 Å². The standard InChI is InChI=1S/C16H13N3O5/c17-15(21)14-7-19(16(22)24-14)9-1-2-12-13(6-9)23-8-10-5-11(20)3-4-18(10)12/h1-6,14H,7-8H2,(H2,17,21)/t14-/m1/s1. The lowest BCUT2D eigenvalue weighted by atomic mass is 10.2. The van der Waals surface area contributed by atoms with Crippen molar-refractivity contribution in [1.29, 1.82) is 0 Å². The van der Waals surface area contributed by atoms with Crippen LogP contribution in [0.2, 0.25) is 0 Å². The molecule has 0 radical (unpaired) electrons. The summed E-state index contributed by atoms with van der Waals surface area (Å²) in [4.78, 5) is 35.9. The van der Waals surface area contributed by atoms with E-state index in [4.69, 9.17) is 15.2 Å². The number of amides is 2. The summed E-state index contributed by atoms with van der Waals surface area (Å²) in [5.41, 5.74) is 7.16. The molecule has 8 nitrogen and oxygen atoms in total. The number of ether oxygens (including phenoxy) is 2. The van der Waals surface area contributed by atoms with Gasteiger partial charge in [-0.15, -0.1) is 0 Å². The molecular formula is C16H13N3O5. The van der Waals surface area contributed by atoms with Crippen LogP contribution in [0, 0.1) is 0 Å². The van der Waals surface area contributed by atoms with E-state index in [0.717, 1.165) is 11.4 Å². The lowest BCUT2D eigenvalue weighted by Gasteiger charge is -2.24. The zero-order valence-corrected chi connectivity index (χ0v) is 12.5. The van der Waals surface area contributed by atoms with Crippen LogP contribution >= 0.6 is 0 Å². The quantitative estimate of drug-likeness (QED) is 0.867. The van der Waals surface area contributed by atoms with Crippen molar-refractivity contribution in [3.05, 3.63) is 52.4 Å². The Morgan fingerprint density at radius 3 is 2.79 bits per heavy atom. The zero-order chi connectivity index (χ0) is 16.8. The summed E-state index contributed by atoms with van der Waals surface area (Å²) in [7, 11) is 0. The third-order valence-corrected chi connectivity index (χ3v) is 4.03. The summed E-state index contributed by atoms with van der Waals surface area (Å²) in [5.74, 6) is -0.114. The first-order chi connectivity index (χ1) is 11.5. The van der Waals surface area contributed by atoms with E-state index in [1.807, 2.05) is 4.57 Å². The van der Waals surface area contributed by atoms with Gasteiger partial charge in [-0.05, 0) is 12.1 Å². The number of nitrogens with zero attached hydrogens (tertiary/aromatic N) is 2. The predicted molar refractivity (Wildman–Crippen MR) is 83.2 cm³/mol. The van der Waals surface area contributed by atoms with Gasteiger partial charge in [-0.3, -0.25) is 14.5 Å². The van der Waals surface area contributed by atoms with Crippen LogP contribution in [0.5, 0.6) is 5.75 Å². The van der Waals surface area contributed by atoms with Gasteiger partial charge < -0.3 is 19.8 Å². The lowest BCUT2D eigenvalue weighted by molar-refractivity contribution is -0.124. The Hall–Kier alpha value is -3.29. The number of rotatable bonds is 2. The molecule has 1 atom stereocenters. The number of carbonyl (C=O) groups excluding carboxylic acids is 2. The van der Waals surface area contributed by atoms with E-state index in [2.05, 4.69) is 0 Å². The number of hydrogen-bond acceptors (Lipinski definition) is 5. The van der Waals surface area contributed by atoms with Crippen LogP contribution < -0.4 is 20.8 Å². The summed E-state index contributed by atoms with van der Waals surface area (Å²) in [6.45, 7) is 0.317. The summed E-state index contributed by atoms with van der Waals surface area (Å²) < 4.78 is 12.5. The van der Waals surface area contributed by atoms with E-state index in [1.165, 1.54) is 17.0 Å². The average Bonchev–Trinajstić information content (AvgIpc) is 2.96. The van der Waals surface area contributed by atoms with Gasteiger partial charge in [0.25, 0.3) is 5.91 Å². The van der Waals surface area contributed by atoms with Crippen LogP contribution in [0.15, 0.2) is 41.3 Å².